The molecule has 0 unspecified atom stereocenters. The van der Waals surface area contributed by atoms with Crippen molar-refractivity contribution in [3.8, 4) is 0 Å². The average Bonchev–Trinajstić information content (AvgIpc) is 3.07. The second-order valence-electron chi connectivity index (χ2n) is 4.20. The molecule has 23 heavy (non-hydrogen) atoms. The van der Waals surface area contributed by atoms with Crippen LogP contribution in [0.15, 0.2) is 65.9 Å². The van der Waals surface area contributed by atoms with Crippen molar-refractivity contribution >= 4 is 15.2 Å². The van der Waals surface area contributed by atoms with E-state index in [1.807, 2.05) is 30.3 Å². The molecule has 0 amide bonds. The molecule has 5 N–H and O–H groups in total. The summed E-state index contributed by atoms with van der Waals surface area (Å²) >= 11 is 0. The van der Waals surface area contributed by atoms with Gasteiger partial charge < -0.3 is 30.3 Å². The zero-order valence-electron chi connectivity index (χ0n) is 11.5. The maximum Gasteiger partial charge on any atom is 2.00 e. The first-order valence-corrected chi connectivity index (χ1v) is 9.28. The van der Waals surface area contributed by atoms with Gasteiger partial charge in [-0.3, -0.25) is 9.13 Å². The molecular weight excluding hydrogens is 388 g/mol. The molecular formula is C12H15FeNO7P2. The van der Waals surface area contributed by atoms with E-state index in [-0.39, 0.29) is 22.6 Å². The second-order valence-corrected chi connectivity index (χ2v) is 8.00. The quantitative estimate of drug-likeness (QED) is 0.220. The minimum atomic E-state index is -5.17. The van der Waals surface area contributed by atoms with Crippen molar-refractivity contribution in [2.75, 3.05) is 0 Å². The van der Waals surface area contributed by atoms with Gasteiger partial charge in [0.2, 0.25) is 5.40 Å². The Morgan fingerprint density at radius 3 is 1.74 bits per heavy atom. The first-order chi connectivity index (χ1) is 10.2. The zero-order chi connectivity index (χ0) is 16.8. The Balaban J connectivity index is 0.000000684. The average molecular weight is 403 g/mol. The number of hydroxylamine groups is 1. The molecule has 8 nitrogen and oxygen atoms in total. The normalized spacial score (nSPS) is 13.4. The van der Waals surface area contributed by atoms with Gasteiger partial charge in [-0.25, -0.2) is 12.1 Å². The van der Waals surface area contributed by atoms with Crippen LogP contribution >= 0.6 is 15.2 Å². The van der Waals surface area contributed by atoms with Crippen LogP contribution in [0.3, 0.4) is 0 Å². The van der Waals surface area contributed by atoms with E-state index >= 15 is 0 Å². The maximum absolute atomic E-state index is 11.1. The summed E-state index contributed by atoms with van der Waals surface area (Å²) in [6, 6.07) is 10.0. The molecule has 0 radical (unpaired) electrons. The van der Waals surface area contributed by atoms with E-state index in [1.54, 1.807) is 0 Å². The molecule has 0 atom stereocenters. The van der Waals surface area contributed by atoms with Crippen molar-refractivity contribution in [1.82, 2.24) is 5.48 Å². The Bertz CT molecular complexity index is 604. The molecule has 128 valence electrons. The predicted octanol–water partition coefficient (Wildman–Crippen LogP) is 1.54. The number of nitrogens with one attached hydrogen (secondary N) is 1. The first kappa shape index (κ1) is 22.1. The molecule has 1 aromatic rings. The fraction of sp³-hybridized carbons (Fsp3) is 0.0833. The largest absolute Gasteiger partial charge is 2.00 e. The molecule has 0 heterocycles. The molecule has 0 saturated heterocycles. The molecule has 1 aliphatic carbocycles. The summed E-state index contributed by atoms with van der Waals surface area (Å²) in [6.07, 6.45) is 5.53. The summed E-state index contributed by atoms with van der Waals surface area (Å²) in [6.45, 7) is 0. The first-order valence-electron chi connectivity index (χ1n) is 5.92. The molecule has 0 bridgehead atoms. The van der Waals surface area contributed by atoms with Crippen LogP contribution in [0.5, 0.6) is 0 Å². The molecule has 1 aliphatic rings. The Morgan fingerprint density at radius 1 is 1.04 bits per heavy atom. The van der Waals surface area contributed by atoms with Gasteiger partial charge in [-0.2, -0.15) is 18.2 Å². The summed E-state index contributed by atoms with van der Waals surface area (Å²) in [4.78, 5) is 35.7. The molecule has 0 aromatic heterocycles. The van der Waals surface area contributed by atoms with E-state index < -0.39 is 26.3 Å². The van der Waals surface area contributed by atoms with Gasteiger partial charge in [0.15, 0.2) is 0 Å². The molecule has 11 heteroatoms. The fourth-order valence-corrected chi connectivity index (χ4v) is 4.31. The van der Waals surface area contributed by atoms with Crippen LogP contribution in [0.2, 0.25) is 0 Å². The van der Waals surface area contributed by atoms with Crippen LogP contribution in [0.25, 0.3) is 0 Å². The topological polar surface area (TPSA) is 150 Å². The van der Waals surface area contributed by atoms with Crippen LogP contribution < -0.4 is 5.48 Å². The fourth-order valence-electron chi connectivity index (χ4n) is 1.67. The smallest absolute Gasteiger partial charge is 0.761 e. The van der Waals surface area contributed by atoms with Crippen molar-refractivity contribution < 1.29 is 45.8 Å². The number of hydrogen-bond donors (Lipinski definition) is 5. The van der Waals surface area contributed by atoms with Gasteiger partial charge in [0.25, 0.3) is 0 Å². The second kappa shape index (κ2) is 9.45. The Morgan fingerprint density at radius 2 is 1.48 bits per heavy atom. The van der Waals surface area contributed by atoms with Gasteiger partial charge in [-0.05, 0) is 5.57 Å². The van der Waals surface area contributed by atoms with Crippen molar-refractivity contribution in [2.24, 2.45) is 0 Å². The minimum Gasteiger partial charge on any atom is -0.761 e. The van der Waals surface area contributed by atoms with Gasteiger partial charge in [0.05, 0.1) is 0 Å². The van der Waals surface area contributed by atoms with Crippen molar-refractivity contribution in [1.29, 1.82) is 0 Å². The van der Waals surface area contributed by atoms with Crippen LogP contribution in [-0.2, 0) is 26.2 Å². The van der Waals surface area contributed by atoms with Crippen molar-refractivity contribution in [3.63, 3.8) is 0 Å². The SMILES string of the molecule is O=P(O)(O)C(C(N[O-])=C1C=CC=C1)P(=O)(O)O.[Fe+2].c1cc[cH-]c1. The van der Waals surface area contributed by atoms with Gasteiger partial charge in [-0.15, -0.1) is 0 Å². The summed E-state index contributed by atoms with van der Waals surface area (Å²) in [7, 11) is -10.3. The summed E-state index contributed by atoms with van der Waals surface area (Å²) in [5, 5.41) is 8.21. The molecule has 0 saturated carbocycles. The summed E-state index contributed by atoms with van der Waals surface area (Å²) < 4.78 is 22.2. The van der Waals surface area contributed by atoms with Gasteiger partial charge >= 0.3 is 32.3 Å². The van der Waals surface area contributed by atoms with E-state index in [2.05, 4.69) is 0 Å². The van der Waals surface area contributed by atoms with Gasteiger partial charge in [0, 0.05) is 5.70 Å². The standard InChI is InChI=1S/C7H10NO7P2.C5H5.Fe/c9-8-6(5-3-1-2-4-5)7(16(10,11)12)17(13,14)15;1-2-4-5-3-1;/h1-4,7-8H,(H2,10,11,12)(H2,13,14,15);1-5H;/q2*-1;+2. The third-order valence-corrected chi connectivity index (χ3v) is 6.13. The van der Waals surface area contributed by atoms with Crippen molar-refractivity contribution in [2.45, 2.75) is 5.40 Å². The van der Waals surface area contributed by atoms with Gasteiger partial charge in [0.1, 0.15) is 0 Å². The van der Waals surface area contributed by atoms with E-state index in [0.717, 1.165) is 0 Å². The molecule has 0 spiro atoms. The van der Waals surface area contributed by atoms with E-state index in [1.165, 1.54) is 29.8 Å². The van der Waals surface area contributed by atoms with Crippen LogP contribution in [0.4, 0.5) is 0 Å². The number of allylic oxidation sites excluding steroid dienone is 6. The van der Waals surface area contributed by atoms with E-state index in [9.17, 15) is 14.3 Å². The van der Waals surface area contributed by atoms with E-state index in [4.69, 9.17) is 19.6 Å². The Hall–Kier alpha value is -0.851. The molecule has 2 rings (SSSR count). The third kappa shape index (κ3) is 7.06. The van der Waals surface area contributed by atoms with E-state index in [0.29, 0.717) is 0 Å². The number of hydrogen-bond acceptors (Lipinski definition) is 4. The van der Waals surface area contributed by atoms with Crippen molar-refractivity contribution in [3.05, 3.63) is 71.1 Å². The number of rotatable bonds is 4. The third-order valence-electron chi connectivity index (χ3n) is 2.53. The molecule has 0 aliphatic heterocycles. The summed E-state index contributed by atoms with van der Waals surface area (Å²) in [5.41, 5.74) is 0.499. The zero-order valence-corrected chi connectivity index (χ0v) is 14.4. The Kier molecular flexibility index (Phi) is 9.10. The van der Waals surface area contributed by atoms with Gasteiger partial charge in [-0.1, -0.05) is 24.3 Å². The monoisotopic (exact) mass is 403 g/mol. The maximum atomic E-state index is 11.1. The minimum absolute atomic E-state index is 0. The van der Waals surface area contributed by atoms with Crippen LogP contribution in [-0.4, -0.2) is 25.0 Å². The van der Waals surface area contributed by atoms with Crippen LogP contribution in [0.1, 0.15) is 0 Å². The molecule has 1 aromatic carbocycles. The Labute approximate surface area is 143 Å². The summed E-state index contributed by atoms with van der Waals surface area (Å²) in [5.74, 6) is 0. The molecule has 0 fully saturated rings. The van der Waals surface area contributed by atoms with Crippen LogP contribution in [0, 0.1) is 5.21 Å². The predicted molar refractivity (Wildman–Crippen MR) is 81.7 cm³/mol.